The Morgan fingerprint density at radius 2 is 1.72 bits per heavy atom. The van der Waals surface area contributed by atoms with Gasteiger partial charge >= 0.3 is 0 Å². The van der Waals surface area contributed by atoms with Gasteiger partial charge in [-0.1, -0.05) is 0 Å². The molecule has 5 rings (SSSR count). The fourth-order valence-electron chi connectivity index (χ4n) is 5.16. The predicted molar refractivity (Wildman–Crippen MR) is 71.1 cm³/mol. The minimum absolute atomic E-state index is 0.259. The van der Waals surface area contributed by atoms with E-state index in [1.54, 1.807) is 0 Å². The number of nitrogens with two attached hydrogens (primary N) is 1. The van der Waals surface area contributed by atoms with Crippen molar-refractivity contribution in [1.29, 1.82) is 5.26 Å². The van der Waals surface area contributed by atoms with Crippen molar-refractivity contribution < 1.29 is 0 Å². The molecule has 4 bridgehead atoms. The van der Waals surface area contributed by atoms with Gasteiger partial charge in [0.1, 0.15) is 11.6 Å². The maximum Gasteiger partial charge on any atom is 0.155 e. The number of nitriles is 1. The van der Waals surface area contributed by atoms with Crippen LogP contribution >= 0.6 is 11.5 Å². The van der Waals surface area contributed by atoms with Crippen LogP contribution in [0.3, 0.4) is 0 Å². The first-order chi connectivity index (χ1) is 8.70. The maximum atomic E-state index is 9.33. The van der Waals surface area contributed by atoms with Crippen LogP contribution in [0.15, 0.2) is 0 Å². The van der Waals surface area contributed by atoms with Crippen LogP contribution in [0.5, 0.6) is 0 Å². The molecule has 1 heterocycles. The van der Waals surface area contributed by atoms with Gasteiger partial charge in [0.2, 0.25) is 0 Å². The first-order valence-corrected chi connectivity index (χ1v) is 7.63. The maximum absolute atomic E-state index is 9.33. The highest BCUT2D eigenvalue weighted by atomic mass is 32.1. The molecule has 4 heteroatoms. The normalized spacial score (nSPS) is 40.9. The molecular formula is C14H17N3S. The lowest BCUT2D eigenvalue weighted by Crippen LogP contribution is -2.48. The fourth-order valence-corrected chi connectivity index (χ4v) is 6.13. The van der Waals surface area contributed by atoms with Crippen LogP contribution in [0.2, 0.25) is 0 Å². The van der Waals surface area contributed by atoms with E-state index in [4.69, 9.17) is 5.73 Å². The summed E-state index contributed by atoms with van der Waals surface area (Å²) in [7, 11) is 0. The van der Waals surface area contributed by atoms with Crippen molar-refractivity contribution in [3.63, 3.8) is 0 Å². The number of rotatable bonds is 1. The van der Waals surface area contributed by atoms with E-state index in [-0.39, 0.29) is 5.41 Å². The third-order valence-corrected chi connectivity index (χ3v) is 6.46. The second-order valence-electron chi connectivity index (χ2n) is 6.58. The Labute approximate surface area is 111 Å². The Morgan fingerprint density at radius 3 is 2.22 bits per heavy atom. The summed E-state index contributed by atoms with van der Waals surface area (Å²) in [5, 5.41) is 9.33. The summed E-state index contributed by atoms with van der Waals surface area (Å²) in [5.74, 6) is 3.14. The molecule has 4 aliphatic carbocycles. The Bertz CT molecular complexity index is 504. The molecule has 0 spiro atoms. The molecule has 0 atom stereocenters. The second-order valence-corrected chi connectivity index (χ2v) is 7.36. The van der Waals surface area contributed by atoms with Gasteiger partial charge in [-0.25, -0.2) is 0 Å². The molecule has 0 aromatic carbocycles. The number of hydrogen-bond acceptors (Lipinski definition) is 4. The van der Waals surface area contributed by atoms with Crippen LogP contribution in [0.4, 0.5) is 5.82 Å². The van der Waals surface area contributed by atoms with Crippen molar-refractivity contribution in [2.75, 3.05) is 5.73 Å². The molecule has 1 aromatic heterocycles. The van der Waals surface area contributed by atoms with Gasteiger partial charge < -0.3 is 5.73 Å². The average Bonchev–Trinajstić information content (AvgIpc) is 2.69. The Hall–Kier alpha value is -1.08. The minimum atomic E-state index is 0.259. The van der Waals surface area contributed by atoms with Crippen LogP contribution in [0.1, 0.15) is 49.0 Å². The van der Waals surface area contributed by atoms with Crippen molar-refractivity contribution in [1.82, 2.24) is 4.37 Å². The summed E-state index contributed by atoms with van der Waals surface area (Å²) in [5.41, 5.74) is 6.79. The summed E-state index contributed by atoms with van der Waals surface area (Å²) in [4.78, 5) is 1.21. The van der Waals surface area contributed by atoms with Crippen molar-refractivity contribution in [3.8, 4) is 6.07 Å². The second kappa shape index (κ2) is 3.48. The van der Waals surface area contributed by atoms with E-state index in [2.05, 4.69) is 10.4 Å². The number of nitrogen functional groups attached to an aromatic ring is 1. The standard InChI is InChI=1S/C14H17N3S/c15-7-11-12(18-17-13(11)16)14-4-8-1-9(5-14)3-10(2-8)6-14/h8-10H,1-6H2,(H2,16,17). The van der Waals surface area contributed by atoms with Gasteiger partial charge in [-0.3, -0.25) is 0 Å². The summed E-state index contributed by atoms with van der Waals surface area (Å²) in [6.07, 6.45) is 8.10. The lowest BCUT2D eigenvalue weighted by molar-refractivity contribution is -0.00356. The lowest BCUT2D eigenvalue weighted by atomic mass is 9.49. The Kier molecular flexibility index (Phi) is 2.09. The largest absolute Gasteiger partial charge is 0.382 e. The number of nitrogens with zero attached hydrogens (tertiary/aromatic N) is 2. The molecule has 4 aliphatic rings. The molecule has 0 radical (unpaired) electrons. The monoisotopic (exact) mass is 259 g/mol. The van der Waals surface area contributed by atoms with Crippen LogP contribution < -0.4 is 5.73 Å². The smallest absolute Gasteiger partial charge is 0.155 e. The van der Waals surface area contributed by atoms with Gasteiger partial charge in [-0.15, -0.1) is 0 Å². The summed E-state index contributed by atoms with van der Waals surface area (Å²) < 4.78 is 4.24. The molecule has 0 unspecified atom stereocenters. The summed E-state index contributed by atoms with van der Waals surface area (Å²) in [6, 6.07) is 2.29. The topological polar surface area (TPSA) is 62.7 Å². The zero-order valence-corrected chi connectivity index (χ0v) is 11.2. The van der Waals surface area contributed by atoms with E-state index in [0.717, 1.165) is 17.8 Å². The van der Waals surface area contributed by atoms with Gasteiger partial charge in [0.25, 0.3) is 0 Å². The first kappa shape index (κ1) is 10.8. The molecule has 4 saturated carbocycles. The SMILES string of the molecule is N#Cc1c(N)nsc1C12CC3CC(CC(C3)C1)C2. The van der Waals surface area contributed by atoms with Gasteiger partial charge in [0.15, 0.2) is 5.82 Å². The quantitative estimate of drug-likeness (QED) is 0.843. The van der Waals surface area contributed by atoms with E-state index < -0.39 is 0 Å². The third kappa shape index (κ3) is 1.31. The van der Waals surface area contributed by atoms with E-state index >= 15 is 0 Å². The van der Waals surface area contributed by atoms with Crippen molar-refractivity contribution in [3.05, 3.63) is 10.4 Å². The molecule has 0 aliphatic heterocycles. The van der Waals surface area contributed by atoms with Crippen molar-refractivity contribution >= 4 is 17.4 Å². The molecule has 94 valence electrons. The first-order valence-electron chi connectivity index (χ1n) is 6.86. The number of anilines is 1. The van der Waals surface area contributed by atoms with Crippen LogP contribution in [0, 0.1) is 29.1 Å². The zero-order chi connectivity index (χ0) is 12.3. The molecule has 18 heavy (non-hydrogen) atoms. The lowest BCUT2D eigenvalue weighted by Gasteiger charge is -2.56. The predicted octanol–water partition coefficient (Wildman–Crippen LogP) is 3.06. The number of aromatic nitrogens is 1. The zero-order valence-electron chi connectivity index (χ0n) is 10.4. The fraction of sp³-hybridized carbons (Fsp3) is 0.714. The minimum Gasteiger partial charge on any atom is -0.382 e. The van der Waals surface area contributed by atoms with Crippen LogP contribution in [-0.4, -0.2) is 4.37 Å². The Morgan fingerprint density at radius 1 is 1.17 bits per heavy atom. The highest BCUT2D eigenvalue weighted by Gasteiger charge is 2.53. The van der Waals surface area contributed by atoms with Gasteiger partial charge in [-0.2, -0.15) is 9.64 Å². The molecule has 2 N–H and O–H groups in total. The van der Waals surface area contributed by atoms with Crippen molar-refractivity contribution in [2.24, 2.45) is 17.8 Å². The number of hydrogen-bond donors (Lipinski definition) is 1. The van der Waals surface area contributed by atoms with E-state index in [1.165, 1.54) is 54.9 Å². The van der Waals surface area contributed by atoms with Crippen molar-refractivity contribution in [2.45, 2.75) is 43.9 Å². The van der Waals surface area contributed by atoms with Crippen LogP contribution in [-0.2, 0) is 5.41 Å². The average molecular weight is 259 g/mol. The van der Waals surface area contributed by atoms with E-state index in [1.807, 2.05) is 0 Å². The van der Waals surface area contributed by atoms with Gasteiger partial charge in [0.05, 0.1) is 4.88 Å². The molecule has 3 nitrogen and oxygen atoms in total. The highest BCUT2D eigenvalue weighted by Crippen LogP contribution is 2.61. The third-order valence-electron chi connectivity index (χ3n) is 5.35. The van der Waals surface area contributed by atoms with Crippen LogP contribution in [0.25, 0.3) is 0 Å². The highest BCUT2D eigenvalue weighted by molar-refractivity contribution is 7.06. The molecule has 1 aromatic rings. The molecular weight excluding hydrogens is 242 g/mol. The summed E-state index contributed by atoms with van der Waals surface area (Å²) >= 11 is 1.49. The summed E-state index contributed by atoms with van der Waals surface area (Å²) in [6.45, 7) is 0. The van der Waals surface area contributed by atoms with Gasteiger partial charge in [0, 0.05) is 5.41 Å². The molecule has 0 saturated heterocycles. The Balaban J connectivity index is 1.82. The van der Waals surface area contributed by atoms with Gasteiger partial charge in [-0.05, 0) is 67.8 Å². The van der Waals surface area contributed by atoms with E-state index in [0.29, 0.717) is 11.4 Å². The van der Waals surface area contributed by atoms with E-state index in [9.17, 15) is 5.26 Å². The molecule has 4 fully saturated rings. The molecule has 0 amide bonds.